The first-order valence-corrected chi connectivity index (χ1v) is 10.3. The normalized spacial score (nSPS) is 18.1. The van der Waals surface area contributed by atoms with Crippen LogP contribution < -0.4 is 10.1 Å². The molecule has 3 rings (SSSR count). The molecule has 0 radical (unpaired) electrons. The second-order valence-electron chi connectivity index (χ2n) is 6.18. The quantitative estimate of drug-likeness (QED) is 0.728. The van der Waals surface area contributed by atoms with Crippen molar-refractivity contribution in [1.82, 2.24) is 5.32 Å². The summed E-state index contributed by atoms with van der Waals surface area (Å²) >= 11 is 3.30. The summed E-state index contributed by atoms with van der Waals surface area (Å²) in [4.78, 5) is 1.78. The molecule has 0 aliphatic carbocycles. The number of nitrogens with one attached hydrogen (secondary N) is 1. The Hall–Kier alpha value is -1.37. The zero-order valence-electron chi connectivity index (χ0n) is 14.1. The molecule has 6 heteroatoms. The van der Waals surface area contributed by atoms with Crippen molar-refractivity contribution in [3.63, 3.8) is 0 Å². The highest BCUT2D eigenvalue weighted by Crippen LogP contribution is 2.33. The molecule has 0 saturated heterocycles. The predicted molar refractivity (Wildman–Crippen MR) is 102 cm³/mol. The molecule has 0 bridgehead atoms. The van der Waals surface area contributed by atoms with Crippen LogP contribution in [0.3, 0.4) is 0 Å². The molecule has 134 valence electrons. The van der Waals surface area contributed by atoms with E-state index in [4.69, 9.17) is 4.74 Å². The molecule has 2 aromatic rings. The van der Waals surface area contributed by atoms with Crippen LogP contribution >= 0.6 is 23.5 Å². The van der Waals surface area contributed by atoms with Crippen LogP contribution in [-0.2, 0) is 0 Å². The standard InChI is InChI=1S/C19H22FNO2S2/c1-13(11-24-18-8-4-5-15(20)19(18)22)9-21-14-10-23-16-6-2-3-7-17(16)25-12-14/h2-8,13-14,21-22H,9-12H2,1H3/t13-,14+/m0/s1. The number of thioether (sulfide) groups is 2. The molecule has 25 heavy (non-hydrogen) atoms. The number of para-hydroxylation sites is 2. The third kappa shape index (κ3) is 5.06. The minimum atomic E-state index is -0.567. The largest absolute Gasteiger partial charge is 0.504 e. The fourth-order valence-corrected chi connectivity index (χ4v) is 4.54. The zero-order chi connectivity index (χ0) is 17.6. The lowest BCUT2D eigenvalue weighted by atomic mass is 10.2. The van der Waals surface area contributed by atoms with Crippen molar-refractivity contribution >= 4 is 23.5 Å². The van der Waals surface area contributed by atoms with Gasteiger partial charge in [-0.25, -0.2) is 4.39 Å². The van der Waals surface area contributed by atoms with Crippen molar-refractivity contribution in [2.45, 2.75) is 22.8 Å². The number of phenolic OH excluding ortho intramolecular Hbond substituents is 1. The first-order valence-electron chi connectivity index (χ1n) is 8.31. The third-order valence-corrected chi connectivity index (χ3v) is 6.55. The molecule has 2 aromatic carbocycles. The summed E-state index contributed by atoms with van der Waals surface area (Å²) in [5, 5.41) is 13.3. The van der Waals surface area contributed by atoms with E-state index in [1.54, 1.807) is 12.1 Å². The van der Waals surface area contributed by atoms with Gasteiger partial charge in [-0.05, 0) is 36.7 Å². The number of benzene rings is 2. The molecule has 1 aliphatic rings. The average Bonchev–Trinajstić information content (AvgIpc) is 2.84. The monoisotopic (exact) mass is 379 g/mol. The molecule has 1 heterocycles. The average molecular weight is 380 g/mol. The maximum Gasteiger partial charge on any atom is 0.165 e. The van der Waals surface area contributed by atoms with Crippen LogP contribution in [0.1, 0.15) is 6.92 Å². The van der Waals surface area contributed by atoms with Gasteiger partial charge in [0, 0.05) is 16.4 Å². The van der Waals surface area contributed by atoms with Gasteiger partial charge in [-0.3, -0.25) is 0 Å². The van der Waals surface area contributed by atoms with Crippen LogP contribution in [0.2, 0.25) is 0 Å². The van der Waals surface area contributed by atoms with Gasteiger partial charge in [0.1, 0.15) is 12.4 Å². The molecule has 0 amide bonds. The fraction of sp³-hybridized carbons (Fsp3) is 0.368. The lowest BCUT2D eigenvalue weighted by molar-refractivity contribution is 0.270. The molecular weight excluding hydrogens is 357 g/mol. The molecule has 1 aliphatic heterocycles. The van der Waals surface area contributed by atoms with Gasteiger partial charge in [0.2, 0.25) is 0 Å². The highest BCUT2D eigenvalue weighted by Gasteiger charge is 2.18. The maximum absolute atomic E-state index is 13.4. The van der Waals surface area contributed by atoms with Gasteiger partial charge in [0.25, 0.3) is 0 Å². The van der Waals surface area contributed by atoms with Crippen molar-refractivity contribution in [2.24, 2.45) is 5.92 Å². The lowest BCUT2D eigenvalue weighted by Gasteiger charge is -2.19. The minimum Gasteiger partial charge on any atom is -0.504 e. The van der Waals surface area contributed by atoms with Crippen molar-refractivity contribution in [3.05, 3.63) is 48.3 Å². The third-order valence-electron chi connectivity index (χ3n) is 3.96. The number of hydrogen-bond acceptors (Lipinski definition) is 5. The van der Waals surface area contributed by atoms with Crippen LogP contribution in [0.25, 0.3) is 0 Å². The summed E-state index contributed by atoms with van der Waals surface area (Å²) < 4.78 is 19.2. The Bertz CT molecular complexity index is 687. The van der Waals surface area contributed by atoms with E-state index in [9.17, 15) is 9.50 Å². The van der Waals surface area contributed by atoms with Crippen LogP contribution in [0, 0.1) is 11.7 Å². The summed E-state index contributed by atoms with van der Waals surface area (Å²) in [5.74, 6) is 2.32. The molecule has 0 fully saturated rings. The number of rotatable bonds is 6. The summed E-state index contributed by atoms with van der Waals surface area (Å²) in [7, 11) is 0. The lowest BCUT2D eigenvalue weighted by Crippen LogP contribution is -2.39. The Labute approximate surface area is 156 Å². The first kappa shape index (κ1) is 18.4. The van der Waals surface area contributed by atoms with Crippen LogP contribution in [-0.4, -0.2) is 35.8 Å². The summed E-state index contributed by atoms with van der Waals surface area (Å²) in [6, 6.07) is 13.1. The second-order valence-corrected chi connectivity index (χ2v) is 8.30. The van der Waals surface area contributed by atoms with Gasteiger partial charge in [0.15, 0.2) is 11.6 Å². The Balaban J connectivity index is 1.43. The molecule has 2 N–H and O–H groups in total. The van der Waals surface area contributed by atoms with E-state index in [0.717, 1.165) is 23.8 Å². The van der Waals surface area contributed by atoms with Gasteiger partial charge in [0.05, 0.1) is 10.9 Å². The smallest absolute Gasteiger partial charge is 0.165 e. The molecule has 0 saturated carbocycles. The molecule has 0 spiro atoms. The van der Waals surface area contributed by atoms with E-state index in [2.05, 4.69) is 18.3 Å². The van der Waals surface area contributed by atoms with Crippen molar-refractivity contribution < 1.29 is 14.2 Å². The first-order chi connectivity index (χ1) is 12.1. The van der Waals surface area contributed by atoms with Gasteiger partial charge in [-0.1, -0.05) is 25.1 Å². The van der Waals surface area contributed by atoms with Crippen molar-refractivity contribution in [1.29, 1.82) is 0 Å². The van der Waals surface area contributed by atoms with Gasteiger partial charge < -0.3 is 15.2 Å². The maximum atomic E-state index is 13.4. The Morgan fingerprint density at radius 3 is 3.04 bits per heavy atom. The van der Waals surface area contributed by atoms with Crippen molar-refractivity contribution in [2.75, 3.05) is 24.7 Å². The Kier molecular flexibility index (Phi) is 6.51. The van der Waals surface area contributed by atoms with Crippen LogP contribution in [0.5, 0.6) is 11.5 Å². The molecule has 0 unspecified atom stereocenters. The van der Waals surface area contributed by atoms with Crippen molar-refractivity contribution in [3.8, 4) is 11.5 Å². The predicted octanol–water partition coefficient (Wildman–Crippen LogP) is 4.40. The topological polar surface area (TPSA) is 41.5 Å². The highest BCUT2D eigenvalue weighted by atomic mass is 32.2. The number of aromatic hydroxyl groups is 1. The van der Waals surface area contributed by atoms with E-state index in [-0.39, 0.29) is 5.75 Å². The van der Waals surface area contributed by atoms with Gasteiger partial charge >= 0.3 is 0 Å². The Morgan fingerprint density at radius 2 is 2.16 bits per heavy atom. The number of ether oxygens (including phenoxy) is 1. The van der Waals surface area contributed by atoms with Gasteiger partial charge in [-0.2, -0.15) is 0 Å². The van der Waals surface area contributed by atoms with Crippen LogP contribution in [0.4, 0.5) is 4.39 Å². The number of halogens is 1. The SMILES string of the molecule is C[C@@H](CN[C@@H]1COc2ccccc2SC1)CSc1cccc(F)c1O. The molecule has 3 nitrogen and oxygen atoms in total. The van der Waals surface area contributed by atoms with E-state index in [0.29, 0.717) is 23.5 Å². The van der Waals surface area contributed by atoms with E-state index < -0.39 is 5.82 Å². The second kappa shape index (κ2) is 8.83. The number of hydrogen-bond donors (Lipinski definition) is 2. The zero-order valence-corrected chi connectivity index (χ0v) is 15.7. The summed E-state index contributed by atoms with van der Waals surface area (Å²) in [5.41, 5.74) is 0. The Morgan fingerprint density at radius 1 is 1.32 bits per heavy atom. The van der Waals surface area contributed by atoms with E-state index in [1.165, 1.54) is 22.7 Å². The number of fused-ring (bicyclic) bond motifs is 1. The highest BCUT2D eigenvalue weighted by molar-refractivity contribution is 7.99. The molecule has 0 aromatic heterocycles. The fourth-order valence-electron chi connectivity index (χ4n) is 2.51. The van der Waals surface area contributed by atoms with Crippen LogP contribution in [0.15, 0.2) is 52.3 Å². The minimum absolute atomic E-state index is 0.251. The summed E-state index contributed by atoms with van der Waals surface area (Å²) in [6.45, 7) is 3.67. The van der Waals surface area contributed by atoms with E-state index in [1.807, 2.05) is 30.0 Å². The van der Waals surface area contributed by atoms with E-state index >= 15 is 0 Å². The molecule has 2 atom stereocenters. The van der Waals surface area contributed by atoms with Gasteiger partial charge in [-0.15, -0.1) is 23.5 Å². The molecular formula is C19H22FNO2S2. The summed E-state index contributed by atoms with van der Waals surface area (Å²) in [6.07, 6.45) is 0. The number of phenols is 1.